The molecule has 0 saturated carbocycles. The van der Waals surface area contributed by atoms with E-state index in [2.05, 4.69) is 10.4 Å². The molecule has 202 valence electrons. The van der Waals surface area contributed by atoms with E-state index in [1.54, 1.807) is 40.0 Å². The molecule has 0 fully saturated rings. The molecule has 37 heavy (non-hydrogen) atoms. The largest absolute Gasteiger partial charge is 0.488 e. The Bertz CT molecular complexity index is 1170. The van der Waals surface area contributed by atoms with Crippen molar-refractivity contribution >= 4 is 17.6 Å². The lowest BCUT2D eigenvalue weighted by Gasteiger charge is -2.28. The lowest BCUT2D eigenvalue weighted by Crippen LogP contribution is -2.46. The summed E-state index contributed by atoms with van der Waals surface area (Å²) in [6, 6.07) is 2.91. The summed E-state index contributed by atoms with van der Waals surface area (Å²) in [4.78, 5) is 27.3. The van der Waals surface area contributed by atoms with Gasteiger partial charge >= 0.3 is 0 Å². The van der Waals surface area contributed by atoms with Crippen molar-refractivity contribution in [3.63, 3.8) is 0 Å². The molecule has 0 radical (unpaired) electrons. The highest BCUT2D eigenvalue weighted by molar-refractivity contribution is 5.99. The van der Waals surface area contributed by atoms with E-state index >= 15 is 0 Å². The standard InChI is InChI=1S/C26H34F2N4O5/c1-15(2)11-19(25(34)29-21-9-10-31(30-21)14-26(5,6)35)32-13-17(12-22(32)33)37-24-18(27)7-8-20(23(24)28)36-16(3)4/h7-10,12,15-16,19,35H,11,13-14H2,1-6H3,(H,29,30,34)/t19-/m0/s1. The van der Waals surface area contributed by atoms with Gasteiger partial charge in [-0.25, -0.2) is 4.39 Å². The molecule has 0 aliphatic carbocycles. The highest BCUT2D eigenvalue weighted by atomic mass is 19.1. The Balaban J connectivity index is 1.75. The molecule has 0 unspecified atom stereocenters. The fourth-order valence-corrected chi connectivity index (χ4v) is 3.87. The number of nitrogens with one attached hydrogen (secondary N) is 1. The van der Waals surface area contributed by atoms with E-state index in [1.165, 1.54) is 15.6 Å². The molecule has 9 nitrogen and oxygen atoms in total. The van der Waals surface area contributed by atoms with E-state index in [1.807, 2.05) is 13.8 Å². The van der Waals surface area contributed by atoms with Crippen molar-refractivity contribution in [3.8, 4) is 11.5 Å². The van der Waals surface area contributed by atoms with Crippen LogP contribution in [0.4, 0.5) is 14.6 Å². The van der Waals surface area contributed by atoms with Gasteiger partial charge in [0.15, 0.2) is 17.4 Å². The zero-order valence-electron chi connectivity index (χ0n) is 21.9. The third kappa shape index (κ3) is 7.51. The summed E-state index contributed by atoms with van der Waals surface area (Å²) in [5.74, 6) is -3.46. The van der Waals surface area contributed by atoms with E-state index in [4.69, 9.17) is 9.47 Å². The molecule has 0 saturated heterocycles. The van der Waals surface area contributed by atoms with Crippen LogP contribution in [0.1, 0.15) is 48.0 Å². The topological polar surface area (TPSA) is 106 Å². The molecule has 1 aromatic heterocycles. The van der Waals surface area contributed by atoms with Gasteiger partial charge in [-0.3, -0.25) is 14.3 Å². The molecule has 0 spiro atoms. The SMILES string of the molecule is CC(C)C[C@@H](C(=O)Nc1ccn(CC(C)(C)O)n1)N1CC(Oc2c(F)ccc(OC(C)C)c2F)=CC1=O. The van der Waals surface area contributed by atoms with Crippen LogP contribution in [0.5, 0.6) is 11.5 Å². The van der Waals surface area contributed by atoms with Crippen molar-refractivity contribution in [3.05, 3.63) is 47.9 Å². The summed E-state index contributed by atoms with van der Waals surface area (Å²) in [7, 11) is 0. The van der Waals surface area contributed by atoms with E-state index in [9.17, 15) is 23.5 Å². The lowest BCUT2D eigenvalue weighted by molar-refractivity contribution is -0.133. The number of nitrogens with zero attached hydrogens (tertiary/aromatic N) is 3. The molecule has 2 N–H and O–H groups in total. The maximum absolute atomic E-state index is 14.8. The summed E-state index contributed by atoms with van der Waals surface area (Å²) in [6.07, 6.45) is 2.74. The Morgan fingerprint density at radius 2 is 1.92 bits per heavy atom. The van der Waals surface area contributed by atoms with Crippen molar-refractivity contribution in [1.82, 2.24) is 14.7 Å². The van der Waals surface area contributed by atoms with E-state index in [0.717, 1.165) is 12.1 Å². The number of aliphatic hydroxyl groups is 1. The van der Waals surface area contributed by atoms with Crippen molar-refractivity contribution < 1.29 is 33.0 Å². The van der Waals surface area contributed by atoms with E-state index in [-0.39, 0.29) is 42.4 Å². The Morgan fingerprint density at radius 1 is 1.22 bits per heavy atom. The third-order valence-electron chi connectivity index (χ3n) is 5.32. The second-order valence-electron chi connectivity index (χ2n) is 10.4. The second kappa shape index (κ2) is 11.3. The molecule has 1 aliphatic heterocycles. The molecule has 1 aliphatic rings. The van der Waals surface area contributed by atoms with E-state index < -0.39 is 40.8 Å². The summed E-state index contributed by atoms with van der Waals surface area (Å²) >= 11 is 0. The smallest absolute Gasteiger partial charge is 0.251 e. The normalized spacial score (nSPS) is 14.8. The highest BCUT2D eigenvalue weighted by Gasteiger charge is 2.35. The number of hydrogen-bond donors (Lipinski definition) is 2. The minimum atomic E-state index is -1.02. The first-order valence-corrected chi connectivity index (χ1v) is 12.1. The Morgan fingerprint density at radius 3 is 2.54 bits per heavy atom. The lowest BCUT2D eigenvalue weighted by atomic mass is 10.0. The minimum Gasteiger partial charge on any atom is -0.488 e. The zero-order chi connectivity index (χ0) is 27.5. The van der Waals surface area contributed by atoms with E-state index in [0.29, 0.717) is 6.42 Å². The zero-order valence-corrected chi connectivity index (χ0v) is 21.9. The van der Waals surface area contributed by atoms with Crippen LogP contribution in [0.25, 0.3) is 0 Å². The summed E-state index contributed by atoms with van der Waals surface area (Å²) < 4.78 is 41.5. The molecule has 11 heteroatoms. The number of halogens is 2. The van der Waals surface area contributed by atoms with Crippen molar-refractivity contribution in [2.45, 2.75) is 72.3 Å². The van der Waals surface area contributed by atoms with Crippen molar-refractivity contribution in [2.24, 2.45) is 5.92 Å². The maximum atomic E-state index is 14.8. The number of carbonyl (C=O) groups is 2. The summed E-state index contributed by atoms with van der Waals surface area (Å²) in [6.45, 7) is 10.6. The number of benzene rings is 1. The number of rotatable bonds is 11. The number of amides is 2. The number of hydrogen-bond acceptors (Lipinski definition) is 6. The van der Waals surface area contributed by atoms with Gasteiger partial charge in [-0.1, -0.05) is 13.8 Å². The predicted molar refractivity (Wildman–Crippen MR) is 133 cm³/mol. The van der Waals surface area contributed by atoms with Gasteiger partial charge in [0, 0.05) is 18.3 Å². The van der Waals surface area contributed by atoms with Crippen molar-refractivity contribution in [1.29, 1.82) is 0 Å². The molecule has 2 aromatic rings. The number of aromatic nitrogens is 2. The molecule has 2 amide bonds. The average molecular weight is 521 g/mol. The van der Waals surface area contributed by atoms with Crippen LogP contribution in [0.3, 0.4) is 0 Å². The summed E-state index contributed by atoms with van der Waals surface area (Å²) in [5.41, 5.74) is -0.989. The van der Waals surface area contributed by atoms with Gasteiger partial charge in [0.05, 0.1) is 24.8 Å². The van der Waals surface area contributed by atoms with Gasteiger partial charge in [0.1, 0.15) is 11.8 Å². The number of anilines is 1. The second-order valence-corrected chi connectivity index (χ2v) is 10.4. The predicted octanol–water partition coefficient (Wildman–Crippen LogP) is 3.88. The third-order valence-corrected chi connectivity index (χ3v) is 5.32. The fourth-order valence-electron chi connectivity index (χ4n) is 3.87. The molecule has 2 heterocycles. The fraction of sp³-hybridized carbons (Fsp3) is 0.500. The first-order chi connectivity index (χ1) is 17.2. The quantitative estimate of drug-likeness (QED) is 0.466. The Kier molecular flexibility index (Phi) is 8.57. The van der Waals surface area contributed by atoms with Crippen LogP contribution in [-0.4, -0.2) is 55.9 Å². The Labute approximate surface area is 215 Å². The van der Waals surface area contributed by atoms with Gasteiger partial charge in [0.2, 0.25) is 17.5 Å². The van der Waals surface area contributed by atoms with Gasteiger partial charge in [-0.05, 0) is 52.2 Å². The van der Waals surface area contributed by atoms with Crippen LogP contribution in [0.2, 0.25) is 0 Å². The average Bonchev–Trinajstić information content (AvgIpc) is 3.35. The molecular weight excluding hydrogens is 486 g/mol. The number of ether oxygens (including phenoxy) is 2. The van der Waals surface area contributed by atoms with Gasteiger partial charge < -0.3 is 24.8 Å². The maximum Gasteiger partial charge on any atom is 0.251 e. The van der Waals surface area contributed by atoms with Gasteiger partial charge in [-0.2, -0.15) is 9.49 Å². The molecule has 1 atom stereocenters. The Hall–Kier alpha value is -3.47. The molecule has 0 bridgehead atoms. The monoisotopic (exact) mass is 520 g/mol. The van der Waals surface area contributed by atoms with Crippen LogP contribution >= 0.6 is 0 Å². The van der Waals surface area contributed by atoms with Crippen LogP contribution in [0, 0.1) is 17.6 Å². The van der Waals surface area contributed by atoms with Gasteiger partial charge in [0.25, 0.3) is 5.91 Å². The first-order valence-electron chi connectivity index (χ1n) is 12.1. The highest BCUT2D eigenvalue weighted by Crippen LogP contribution is 2.33. The first kappa shape index (κ1) is 28.1. The van der Waals surface area contributed by atoms with Crippen LogP contribution < -0.4 is 14.8 Å². The number of carbonyl (C=O) groups excluding carboxylic acids is 2. The molecule has 1 aromatic carbocycles. The molecular formula is C26H34F2N4O5. The minimum absolute atomic E-state index is 0.000471. The van der Waals surface area contributed by atoms with Crippen LogP contribution in [-0.2, 0) is 16.1 Å². The summed E-state index contributed by atoms with van der Waals surface area (Å²) in [5, 5.41) is 16.9. The molecule has 3 rings (SSSR count). The van der Waals surface area contributed by atoms with Crippen molar-refractivity contribution in [2.75, 3.05) is 11.9 Å². The van der Waals surface area contributed by atoms with Gasteiger partial charge in [-0.15, -0.1) is 0 Å². The van der Waals surface area contributed by atoms with Crippen LogP contribution in [0.15, 0.2) is 36.2 Å².